The maximum atomic E-state index is 13.3. The van der Waals surface area contributed by atoms with Gasteiger partial charge in [0.1, 0.15) is 11.9 Å². The van der Waals surface area contributed by atoms with E-state index < -0.39 is 0 Å². The highest BCUT2D eigenvalue weighted by atomic mass is 16.5. The van der Waals surface area contributed by atoms with Crippen molar-refractivity contribution in [3.8, 4) is 11.4 Å². The fraction of sp³-hybridized carbons (Fsp3) is 0.400. The van der Waals surface area contributed by atoms with Crippen LogP contribution in [0.5, 0.6) is 0 Å². The molecule has 1 N–H and O–H groups in total. The van der Waals surface area contributed by atoms with Crippen molar-refractivity contribution < 1.29 is 9.53 Å². The molecule has 1 fully saturated rings. The Kier molecular flexibility index (Phi) is 6.16. The zero-order valence-corrected chi connectivity index (χ0v) is 18.2. The first-order valence-electron chi connectivity index (χ1n) is 11.5. The lowest BCUT2D eigenvalue weighted by Gasteiger charge is -2.29. The number of nitrogens with one attached hydrogen (secondary N) is 1. The van der Waals surface area contributed by atoms with Gasteiger partial charge in [-0.15, -0.1) is 10.2 Å². The first-order valence-corrected chi connectivity index (χ1v) is 11.5. The molecule has 2 aliphatic rings. The summed E-state index contributed by atoms with van der Waals surface area (Å²) in [7, 11) is 0. The van der Waals surface area contributed by atoms with E-state index in [9.17, 15) is 4.79 Å². The highest BCUT2D eigenvalue weighted by molar-refractivity contribution is 5.81. The molecule has 0 radical (unpaired) electrons. The molecule has 0 saturated carbocycles. The quantitative estimate of drug-likeness (QED) is 0.671. The second-order valence-corrected chi connectivity index (χ2v) is 8.42. The van der Waals surface area contributed by atoms with Gasteiger partial charge in [0.25, 0.3) is 0 Å². The fourth-order valence-electron chi connectivity index (χ4n) is 4.56. The van der Waals surface area contributed by atoms with Crippen LogP contribution < -0.4 is 10.2 Å². The van der Waals surface area contributed by atoms with Crippen LogP contribution in [0, 0.1) is 0 Å². The Hall–Kier alpha value is -3.19. The molecular formula is C25H29N5O2. The number of anilines is 1. The summed E-state index contributed by atoms with van der Waals surface area (Å²) in [6.07, 6.45) is 3.68. The lowest BCUT2D eigenvalue weighted by atomic mass is 10.1. The van der Waals surface area contributed by atoms with Gasteiger partial charge in [0.15, 0.2) is 5.82 Å². The number of aryl methyl sites for hydroxylation is 1. The highest BCUT2D eigenvalue weighted by Gasteiger charge is 2.29. The van der Waals surface area contributed by atoms with Crippen LogP contribution in [-0.4, -0.2) is 47.0 Å². The van der Waals surface area contributed by atoms with Crippen LogP contribution in [0.3, 0.4) is 0 Å². The van der Waals surface area contributed by atoms with Gasteiger partial charge in [0.05, 0.1) is 13.2 Å². The highest BCUT2D eigenvalue weighted by Crippen LogP contribution is 2.29. The third kappa shape index (κ3) is 4.39. The maximum Gasteiger partial charge on any atom is 0.243 e. The first-order chi connectivity index (χ1) is 15.8. The molecule has 0 aliphatic carbocycles. The van der Waals surface area contributed by atoms with Gasteiger partial charge in [0.2, 0.25) is 5.91 Å². The average molecular weight is 432 g/mol. The van der Waals surface area contributed by atoms with Gasteiger partial charge in [-0.3, -0.25) is 9.36 Å². The van der Waals surface area contributed by atoms with E-state index in [1.54, 1.807) is 0 Å². The molecule has 7 nitrogen and oxygen atoms in total. The summed E-state index contributed by atoms with van der Waals surface area (Å²) in [4.78, 5) is 15.6. The van der Waals surface area contributed by atoms with Crippen LogP contribution in [0.4, 0.5) is 5.69 Å². The number of carbonyl (C=O) groups excluding carboxylic acids is 1. The van der Waals surface area contributed by atoms with E-state index in [0.29, 0.717) is 6.54 Å². The Morgan fingerprint density at radius 1 is 1.00 bits per heavy atom. The largest absolute Gasteiger partial charge is 0.378 e. The minimum atomic E-state index is -0.287. The number of amides is 1. The van der Waals surface area contributed by atoms with Crippen LogP contribution in [-0.2, 0) is 22.5 Å². The minimum absolute atomic E-state index is 0.0300. The summed E-state index contributed by atoms with van der Waals surface area (Å²) in [6.45, 7) is 3.90. The number of hydrogen-bond donors (Lipinski definition) is 1. The van der Waals surface area contributed by atoms with E-state index in [4.69, 9.17) is 4.74 Å². The number of nitrogens with zero attached hydrogens (tertiary/aromatic N) is 4. The summed E-state index contributed by atoms with van der Waals surface area (Å²) in [6, 6.07) is 18.2. The molecule has 166 valence electrons. The van der Waals surface area contributed by atoms with E-state index in [2.05, 4.69) is 49.2 Å². The summed E-state index contributed by atoms with van der Waals surface area (Å²) >= 11 is 0. The smallest absolute Gasteiger partial charge is 0.243 e. The molecule has 0 bridgehead atoms. The van der Waals surface area contributed by atoms with Crippen molar-refractivity contribution in [2.75, 3.05) is 31.2 Å². The van der Waals surface area contributed by atoms with Crippen LogP contribution in [0.2, 0.25) is 0 Å². The molecule has 1 saturated heterocycles. The van der Waals surface area contributed by atoms with Crippen molar-refractivity contribution in [3.63, 3.8) is 0 Å². The monoisotopic (exact) mass is 431 g/mol. The number of rotatable bonds is 5. The molecule has 1 atom stereocenters. The van der Waals surface area contributed by atoms with Crippen LogP contribution >= 0.6 is 0 Å². The first kappa shape index (κ1) is 20.7. The number of aromatic nitrogens is 3. The number of morpholine rings is 1. The van der Waals surface area contributed by atoms with Crippen molar-refractivity contribution in [3.05, 3.63) is 66.0 Å². The van der Waals surface area contributed by atoms with Gasteiger partial charge in [-0.05, 0) is 30.5 Å². The molecule has 2 aliphatic heterocycles. The lowest BCUT2D eigenvalue weighted by molar-refractivity contribution is -0.124. The average Bonchev–Trinajstić information content (AvgIpc) is 3.16. The maximum absolute atomic E-state index is 13.3. The Balaban J connectivity index is 1.29. The summed E-state index contributed by atoms with van der Waals surface area (Å²) in [5.74, 6) is 1.70. The van der Waals surface area contributed by atoms with E-state index in [0.717, 1.165) is 74.8 Å². The molecule has 1 unspecified atom stereocenters. The van der Waals surface area contributed by atoms with E-state index in [1.165, 1.54) is 5.69 Å². The number of carbonyl (C=O) groups is 1. The molecule has 2 aromatic carbocycles. The third-order valence-corrected chi connectivity index (χ3v) is 6.32. The normalized spacial score (nSPS) is 18.6. The van der Waals surface area contributed by atoms with Gasteiger partial charge < -0.3 is 15.0 Å². The standard InChI is InChI=1S/C25H29N5O2/c31-25(26-18-19-10-12-21(13-11-19)29-14-16-32-17-15-29)22-8-4-5-9-23-27-28-24(30(22)23)20-6-2-1-3-7-20/h1-3,6-7,10-13,22H,4-5,8-9,14-18H2,(H,26,31). The predicted molar refractivity (Wildman–Crippen MR) is 123 cm³/mol. The topological polar surface area (TPSA) is 72.3 Å². The summed E-state index contributed by atoms with van der Waals surface area (Å²) in [5, 5.41) is 12.0. The van der Waals surface area contributed by atoms with Gasteiger partial charge in [0, 0.05) is 37.3 Å². The molecule has 1 amide bonds. The Labute approximate surface area is 188 Å². The Morgan fingerprint density at radius 2 is 1.78 bits per heavy atom. The van der Waals surface area contributed by atoms with Gasteiger partial charge in [-0.1, -0.05) is 48.9 Å². The SMILES string of the molecule is O=C(NCc1ccc(N2CCOCC2)cc1)C1CCCCc2nnc(-c3ccccc3)n21. The van der Waals surface area contributed by atoms with E-state index in [1.807, 2.05) is 30.3 Å². The van der Waals surface area contributed by atoms with Gasteiger partial charge in [-0.25, -0.2) is 0 Å². The van der Waals surface area contributed by atoms with Crippen LogP contribution in [0.25, 0.3) is 11.4 Å². The molecule has 3 heterocycles. The molecule has 5 rings (SSSR count). The van der Waals surface area contributed by atoms with Crippen LogP contribution in [0.15, 0.2) is 54.6 Å². The summed E-state index contributed by atoms with van der Waals surface area (Å²) in [5.41, 5.74) is 3.29. The number of ether oxygens (including phenoxy) is 1. The molecule has 32 heavy (non-hydrogen) atoms. The lowest BCUT2D eigenvalue weighted by Crippen LogP contribution is -2.36. The summed E-state index contributed by atoms with van der Waals surface area (Å²) < 4.78 is 7.49. The molecule has 3 aromatic rings. The number of fused-ring (bicyclic) bond motifs is 1. The fourth-order valence-corrected chi connectivity index (χ4v) is 4.56. The molecular weight excluding hydrogens is 402 g/mol. The zero-order valence-electron chi connectivity index (χ0n) is 18.2. The number of benzene rings is 2. The van der Waals surface area contributed by atoms with E-state index in [-0.39, 0.29) is 11.9 Å². The Bertz CT molecular complexity index is 1040. The van der Waals surface area contributed by atoms with Crippen molar-refractivity contribution in [1.82, 2.24) is 20.1 Å². The van der Waals surface area contributed by atoms with Crippen molar-refractivity contribution in [1.29, 1.82) is 0 Å². The second-order valence-electron chi connectivity index (χ2n) is 8.42. The number of hydrogen-bond acceptors (Lipinski definition) is 5. The van der Waals surface area contributed by atoms with Crippen molar-refractivity contribution in [2.24, 2.45) is 0 Å². The zero-order chi connectivity index (χ0) is 21.8. The predicted octanol–water partition coefficient (Wildman–Crippen LogP) is 3.37. The van der Waals surface area contributed by atoms with Gasteiger partial charge >= 0.3 is 0 Å². The minimum Gasteiger partial charge on any atom is -0.378 e. The molecule has 1 aromatic heterocycles. The molecule has 0 spiro atoms. The van der Waals surface area contributed by atoms with Crippen molar-refractivity contribution >= 4 is 11.6 Å². The Morgan fingerprint density at radius 3 is 2.56 bits per heavy atom. The second kappa shape index (κ2) is 9.53. The van der Waals surface area contributed by atoms with E-state index >= 15 is 0 Å². The van der Waals surface area contributed by atoms with Crippen LogP contribution in [0.1, 0.15) is 36.7 Å². The van der Waals surface area contributed by atoms with Gasteiger partial charge in [-0.2, -0.15) is 0 Å². The third-order valence-electron chi connectivity index (χ3n) is 6.32. The van der Waals surface area contributed by atoms with Crippen molar-refractivity contribution in [2.45, 2.75) is 38.3 Å². The molecule has 7 heteroatoms.